The Labute approximate surface area is 185 Å². The molecule has 14 nitrogen and oxygen atoms in total. The predicted octanol–water partition coefficient (Wildman–Crippen LogP) is -2.94. The van der Waals surface area contributed by atoms with E-state index in [1.165, 1.54) is 0 Å². The Bertz CT molecular complexity index is 710. The molecule has 182 valence electrons. The standard InChI is InChI=1S/C18H33N7O7/c1-3-9(2)14(19)16(30)23-8-12(26)24-11(7-13(27)28)15(29)25-10(17(31)32)5-4-6-22-18(20)21/h9-11,14H,3-8,19H2,1-2H3,(H,23,30)(H,24,26)(H,25,29)(H,27,28)(H,31,32)(H4,20,21,22). The average molecular weight is 460 g/mol. The summed E-state index contributed by atoms with van der Waals surface area (Å²) in [5, 5.41) is 25.0. The van der Waals surface area contributed by atoms with Crippen LogP contribution in [0.1, 0.15) is 39.5 Å². The van der Waals surface area contributed by atoms with Gasteiger partial charge in [-0.2, -0.15) is 0 Å². The number of rotatable bonds is 15. The SMILES string of the molecule is CCC(C)C(N)C(=O)NCC(=O)NC(CC(=O)O)C(=O)NC(CCCN=C(N)N)C(=O)O. The Morgan fingerprint density at radius 2 is 1.62 bits per heavy atom. The summed E-state index contributed by atoms with van der Waals surface area (Å²) in [6.45, 7) is 3.22. The molecule has 4 atom stereocenters. The van der Waals surface area contributed by atoms with Crippen molar-refractivity contribution in [2.24, 2.45) is 28.1 Å². The largest absolute Gasteiger partial charge is 0.481 e. The van der Waals surface area contributed by atoms with E-state index in [-0.39, 0.29) is 31.3 Å². The second-order valence-electron chi connectivity index (χ2n) is 7.20. The lowest BCUT2D eigenvalue weighted by Crippen LogP contribution is -2.54. The minimum Gasteiger partial charge on any atom is -0.481 e. The van der Waals surface area contributed by atoms with Crippen LogP contribution in [0.25, 0.3) is 0 Å². The molecule has 0 aliphatic rings. The quantitative estimate of drug-likeness (QED) is 0.0702. The first-order chi connectivity index (χ1) is 14.9. The van der Waals surface area contributed by atoms with E-state index in [1.54, 1.807) is 6.92 Å². The molecule has 32 heavy (non-hydrogen) atoms. The van der Waals surface area contributed by atoms with Crippen LogP contribution < -0.4 is 33.2 Å². The maximum atomic E-state index is 12.4. The van der Waals surface area contributed by atoms with Crippen LogP contribution in [0, 0.1) is 5.92 Å². The van der Waals surface area contributed by atoms with Gasteiger partial charge in [0.25, 0.3) is 0 Å². The van der Waals surface area contributed by atoms with E-state index < -0.39 is 60.8 Å². The van der Waals surface area contributed by atoms with Crippen LogP contribution in [0.2, 0.25) is 0 Å². The number of carboxylic acids is 2. The lowest BCUT2D eigenvalue weighted by Gasteiger charge is -2.21. The first-order valence-corrected chi connectivity index (χ1v) is 10.0. The molecular weight excluding hydrogens is 426 g/mol. The molecule has 0 aromatic heterocycles. The van der Waals surface area contributed by atoms with Gasteiger partial charge in [-0.05, 0) is 18.8 Å². The lowest BCUT2D eigenvalue weighted by atomic mass is 9.99. The second kappa shape index (κ2) is 14.6. The molecule has 0 saturated heterocycles. The molecule has 0 rings (SSSR count). The van der Waals surface area contributed by atoms with Crippen molar-refractivity contribution in [2.45, 2.75) is 57.7 Å². The van der Waals surface area contributed by atoms with Crippen LogP contribution in [-0.2, 0) is 24.0 Å². The first kappa shape index (κ1) is 28.6. The van der Waals surface area contributed by atoms with Gasteiger partial charge in [0, 0.05) is 6.54 Å². The topological polar surface area (TPSA) is 252 Å². The molecule has 14 heteroatoms. The molecule has 4 unspecified atom stereocenters. The van der Waals surface area contributed by atoms with Crippen molar-refractivity contribution in [3.05, 3.63) is 0 Å². The second-order valence-corrected chi connectivity index (χ2v) is 7.20. The number of nitrogens with zero attached hydrogens (tertiary/aromatic N) is 1. The third kappa shape index (κ3) is 11.7. The molecule has 0 aromatic rings. The van der Waals surface area contributed by atoms with Crippen LogP contribution >= 0.6 is 0 Å². The van der Waals surface area contributed by atoms with E-state index in [9.17, 15) is 29.1 Å². The fraction of sp³-hybridized carbons (Fsp3) is 0.667. The lowest BCUT2D eigenvalue weighted by molar-refractivity contribution is -0.143. The van der Waals surface area contributed by atoms with Crippen molar-refractivity contribution in [1.29, 1.82) is 0 Å². The zero-order chi connectivity index (χ0) is 24.8. The summed E-state index contributed by atoms with van der Waals surface area (Å²) in [4.78, 5) is 62.6. The average Bonchev–Trinajstić information content (AvgIpc) is 2.71. The van der Waals surface area contributed by atoms with Gasteiger partial charge in [0.15, 0.2) is 5.96 Å². The molecule has 0 aliphatic carbocycles. The fourth-order valence-corrected chi connectivity index (χ4v) is 2.46. The van der Waals surface area contributed by atoms with Gasteiger partial charge in [-0.3, -0.25) is 24.2 Å². The van der Waals surface area contributed by atoms with Crippen molar-refractivity contribution in [2.75, 3.05) is 13.1 Å². The molecule has 0 bridgehead atoms. The third-order valence-electron chi connectivity index (χ3n) is 4.57. The highest BCUT2D eigenvalue weighted by Gasteiger charge is 2.28. The van der Waals surface area contributed by atoms with Crippen LogP contribution in [0.3, 0.4) is 0 Å². The van der Waals surface area contributed by atoms with E-state index in [0.717, 1.165) is 0 Å². The summed E-state index contributed by atoms with van der Waals surface area (Å²) in [5.41, 5.74) is 16.1. The molecule has 0 aromatic carbocycles. The first-order valence-electron chi connectivity index (χ1n) is 10.0. The van der Waals surface area contributed by atoms with Gasteiger partial charge in [-0.25, -0.2) is 4.79 Å². The van der Waals surface area contributed by atoms with Gasteiger partial charge in [0.1, 0.15) is 12.1 Å². The summed E-state index contributed by atoms with van der Waals surface area (Å²) in [7, 11) is 0. The minimum atomic E-state index is -1.56. The number of hydrogen-bond donors (Lipinski definition) is 8. The molecule has 0 radical (unpaired) electrons. The molecule has 0 aliphatic heterocycles. The number of amides is 3. The highest BCUT2D eigenvalue weighted by molar-refractivity contribution is 5.94. The number of guanidine groups is 1. The van der Waals surface area contributed by atoms with Crippen LogP contribution in [-0.4, -0.2) is 77.0 Å². The van der Waals surface area contributed by atoms with Crippen molar-refractivity contribution in [1.82, 2.24) is 16.0 Å². The predicted molar refractivity (Wildman–Crippen MR) is 114 cm³/mol. The smallest absolute Gasteiger partial charge is 0.326 e. The van der Waals surface area contributed by atoms with E-state index in [4.69, 9.17) is 22.3 Å². The normalized spacial score (nSPS) is 14.2. The Morgan fingerprint density at radius 3 is 2.12 bits per heavy atom. The van der Waals surface area contributed by atoms with Gasteiger partial charge in [0.05, 0.1) is 19.0 Å². The molecule has 0 heterocycles. The Morgan fingerprint density at radius 1 is 1.00 bits per heavy atom. The van der Waals surface area contributed by atoms with Crippen LogP contribution in [0.5, 0.6) is 0 Å². The summed E-state index contributed by atoms with van der Waals surface area (Å²) in [6, 6.07) is -3.74. The number of carboxylic acid groups (broad SMARTS) is 2. The van der Waals surface area contributed by atoms with Gasteiger partial charge in [-0.15, -0.1) is 0 Å². The molecule has 3 amide bonds. The summed E-state index contributed by atoms with van der Waals surface area (Å²) in [5.74, 6) is -5.44. The summed E-state index contributed by atoms with van der Waals surface area (Å²) >= 11 is 0. The van der Waals surface area contributed by atoms with Crippen molar-refractivity contribution < 1.29 is 34.2 Å². The van der Waals surface area contributed by atoms with Crippen molar-refractivity contribution in [3.63, 3.8) is 0 Å². The number of carbonyl (C=O) groups excluding carboxylic acids is 3. The zero-order valence-electron chi connectivity index (χ0n) is 18.2. The van der Waals surface area contributed by atoms with E-state index >= 15 is 0 Å². The van der Waals surface area contributed by atoms with E-state index in [0.29, 0.717) is 6.42 Å². The highest BCUT2D eigenvalue weighted by Crippen LogP contribution is 2.05. The molecule has 0 saturated carbocycles. The number of carbonyl (C=O) groups is 5. The minimum absolute atomic E-state index is 0.0326. The number of nitrogens with two attached hydrogens (primary N) is 3. The van der Waals surface area contributed by atoms with Crippen molar-refractivity contribution in [3.8, 4) is 0 Å². The Hall–Kier alpha value is -3.42. The molecule has 0 spiro atoms. The van der Waals surface area contributed by atoms with E-state index in [2.05, 4.69) is 20.9 Å². The Balaban J connectivity index is 4.96. The Kier molecular flexibility index (Phi) is 13.0. The highest BCUT2D eigenvalue weighted by atomic mass is 16.4. The molecule has 11 N–H and O–H groups in total. The number of aliphatic imine (C=N–C) groups is 1. The number of nitrogens with one attached hydrogen (secondary N) is 3. The molecule has 0 fully saturated rings. The van der Waals surface area contributed by atoms with Gasteiger partial charge in [-0.1, -0.05) is 20.3 Å². The maximum Gasteiger partial charge on any atom is 0.326 e. The zero-order valence-corrected chi connectivity index (χ0v) is 18.2. The summed E-state index contributed by atoms with van der Waals surface area (Å²) < 4.78 is 0. The monoisotopic (exact) mass is 459 g/mol. The maximum absolute atomic E-state index is 12.4. The third-order valence-corrected chi connectivity index (χ3v) is 4.57. The van der Waals surface area contributed by atoms with Gasteiger partial charge in [0.2, 0.25) is 17.7 Å². The van der Waals surface area contributed by atoms with Gasteiger partial charge < -0.3 is 43.4 Å². The number of hydrogen-bond acceptors (Lipinski definition) is 7. The van der Waals surface area contributed by atoms with Crippen LogP contribution in [0.15, 0.2) is 4.99 Å². The fourth-order valence-electron chi connectivity index (χ4n) is 2.46. The van der Waals surface area contributed by atoms with Crippen LogP contribution in [0.4, 0.5) is 0 Å². The van der Waals surface area contributed by atoms with E-state index in [1.807, 2.05) is 6.92 Å². The summed E-state index contributed by atoms with van der Waals surface area (Å²) in [6.07, 6.45) is 0.0549. The molecular formula is C18H33N7O7. The van der Waals surface area contributed by atoms with Crippen molar-refractivity contribution >= 4 is 35.6 Å². The van der Waals surface area contributed by atoms with Gasteiger partial charge >= 0.3 is 11.9 Å². The number of aliphatic carboxylic acids is 2.